The first-order valence-corrected chi connectivity index (χ1v) is 11.1. The second kappa shape index (κ2) is 8.85. The molecule has 1 unspecified atom stereocenters. The predicted molar refractivity (Wildman–Crippen MR) is 124 cm³/mol. The van der Waals surface area contributed by atoms with Crippen molar-refractivity contribution >= 4 is 32.8 Å². The highest BCUT2D eigenvalue weighted by molar-refractivity contribution is 9.10. The van der Waals surface area contributed by atoms with Crippen LogP contribution in [0.25, 0.3) is 11.0 Å². The van der Waals surface area contributed by atoms with E-state index in [0.717, 1.165) is 23.0 Å². The van der Waals surface area contributed by atoms with Gasteiger partial charge in [0, 0.05) is 17.1 Å². The van der Waals surface area contributed by atoms with Gasteiger partial charge in [0.2, 0.25) is 5.76 Å². The summed E-state index contributed by atoms with van der Waals surface area (Å²) in [6.07, 6.45) is 0.794. The molecule has 2 heterocycles. The summed E-state index contributed by atoms with van der Waals surface area (Å²) in [4.78, 5) is 30.7. The van der Waals surface area contributed by atoms with Crippen molar-refractivity contribution in [3.05, 3.63) is 74.0 Å². The minimum Gasteiger partial charge on any atom is -0.494 e. The highest BCUT2D eigenvalue weighted by Gasteiger charge is 2.42. The van der Waals surface area contributed by atoms with E-state index >= 15 is 0 Å². The van der Waals surface area contributed by atoms with Crippen LogP contribution in [0.1, 0.15) is 41.1 Å². The fourth-order valence-corrected chi connectivity index (χ4v) is 4.30. The highest BCUT2D eigenvalue weighted by Crippen LogP contribution is 2.38. The van der Waals surface area contributed by atoms with Crippen molar-refractivity contribution in [3.63, 3.8) is 0 Å². The number of ether oxygens (including phenoxy) is 1. The molecular formula is C24H25BrN2O4. The van der Waals surface area contributed by atoms with Crippen LogP contribution in [0, 0.1) is 0 Å². The molecular weight excluding hydrogens is 460 g/mol. The van der Waals surface area contributed by atoms with Gasteiger partial charge in [-0.1, -0.05) is 28.1 Å². The molecule has 1 atom stereocenters. The van der Waals surface area contributed by atoms with E-state index < -0.39 is 6.04 Å². The van der Waals surface area contributed by atoms with Gasteiger partial charge in [-0.15, -0.1) is 0 Å². The van der Waals surface area contributed by atoms with Gasteiger partial charge in [-0.3, -0.25) is 9.59 Å². The van der Waals surface area contributed by atoms with Gasteiger partial charge in [-0.25, -0.2) is 0 Å². The molecule has 4 rings (SSSR count). The van der Waals surface area contributed by atoms with Crippen molar-refractivity contribution in [1.82, 2.24) is 9.80 Å². The third kappa shape index (κ3) is 4.12. The summed E-state index contributed by atoms with van der Waals surface area (Å²) in [6, 6.07) is 12.4. The SMILES string of the molecule is CCOc1ccc2c(=O)c3c(oc2c1)C(=O)N(CCCN(C)C)C3c1ccc(Br)cc1. The van der Waals surface area contributed by atoms with Gasteiger partial charge >= 0.3 is 0 Å². The maximum atomic E-state index is 13.5. The lowest BCUT2D eigenvalue weighted by atomic mass is 9.98. The third-order valence-electron chi connectivity index (χ3n) is 5.44. The molecule has 0 N–H and O–H groups in total. The summed E-state index contributed by atoms with van der Waals surface area (Å²) in [5, 5.41) is 0.451. The molecule has 6 nitrogen and oxygen atoms in total. The number of nitrogens with zero attached hydrogens (tertiary/aromatic N) is 2. The Labute approximate surface area is 189 Å². The number of carbonyl (C=O) groups excluding carboxylic acids is 1. The molecule has 0 radical (unpaired) electrons. The largest absolute Gasteiger partial charge is 0.494 e. The number of hydrogen-bond acceptors (Lipinski definition) is 5. The van der Waals surface area contributed by atoms with E-state index in [1.165, 1.54) is 0 Å². The van der Waals surface area contributed by atoms with Crippen LogP contribution in [0.2, 0.25) is 0 Å². The summed E-state index contributed by atoms with van der Waals surface area (Å²) in [6.45, 7) is 3.77. The third-order valence-corrected chi connectivity index (χ3v) is 5.97. The highest BCUT2D eigenvalue weighted by atomic mass is 79.9. The van der Waals surface area contributed by atoms with Crippen LogP contribution in [0.4, 0.5) is 0 Å². The summed E-state index contributed by atoms with van der Waals surface area (Å²) >= 11 is 3.46. The molecule has 31 heavy (non-hydrogen) atoms. The molecule has 1 aliphatic rings. The molecule has 0 saturated heterocycles. The second-order valence-electron chi connectivity index (χ2n) is 7.87. The van der Waals surface area contributed by atoms with E-state index in [1.807, 2.05) is 45.3 Å². The summed E-state index contributed by atoms with van der Waals surface area (Å²) < 4.78 is 12.5. The van der Waals surface area contributed by atoms with E-state index in [1.54, 1.807) is 23.1 Å². The Kier molecular flexibility index (Phi) is 6.16. The number of amides is 1. The van der Waals surface area contributed by atoms with Gasteiger partial charge < -0.3 is 19.0 Å². The van der Waals surface area contributed by atoms with Gasteiger partial charge in [0.05, 0.1) is 23.6 Å². The normalized spacial score (nSPS) is 15.7. The maximum Gasteiger partial charge on any atom is 0.290 e. The fraction of sp³-hybridized carbons (Fsp3) is 0.333. The number of carbonyl (C=O) groups is 1. The van der Waals surface area contributed by atoms with Crippen molar-refractivity contribution in [2.45, 2.75) is 19.4 Å². The zero-order valence-corrected chi connectivity index (χ0v) is 19.4. The number of halogens is 1. The van der Waals surface area contributed by atoms with Gasteiger partial charge in [-0.2, -0.15) is 0 Å². The van der Waals surface area contributed by atoms with Crippen LogP contribution < -0.4 is 10.2 Å². The quantitative estimate of drug-likeness (QED) is 0.495. The van der Waals surface area contributed by atoms with Crippen molar-refractivity contribution in [2.24, 2.45) is 0 Å². The summed E-state index contributed by atoms with van der Waals surface area (Å²) in [5.74, 6) is 0.488. The average molecular weight is 485 g/mol. The van der Waals surface area contributed by atoms with E-state index in [2.05, 4.69) is 20.8 Å². The number of hydrogen-bond donors (Lipinski definition) is 0. The summed E-state index contributed by atoms with van der Waals surface area (Å²) in [7, 11) is 4.00. The molecule has 0 bridgehead atoms. The molecule has 2 aromatic carbocycles. The first-order valence-electron chi connectivity index (χ1n) is 10.4. The minimum absolute atomic E-state index is 0.129. The van der Waals surface area contributed by atoms with E-state index in [0.29, 0.717) is 35.4 Å². The monoisotopic (exact) mass is 484 g/mol. The molecule has 0 aliphatic carbocycles. The van der Waals surface area contributed by atoms with Gasteiger partial charge in [0.15, 0.2) is 5.43 Å². The molecule has 162 valence electrons. The number of fused-ring (bicyclic) bond motifs is 2. The molecule has 0 fully saturated rings. The van der Waals surface area contributed by atoms with Gasteiger partial charge in [0.25, 0.3) is 5.91 Å². The first-order chi connectivity index (χ1) is 14.9. The van der Waals surface area contributed by atoms with E-state index in [4.69, 9.17) is 9.15 Å². The van der Waals surface area contributed by atoms with Crippen LogP contribution in [-0.4, -0.2) is 49.5 Å². The Balaban J connectivity index is 1.85. The molecule has 1 aromatic heterocycles. The van der Waals surface area contributed by atoms with Crippen LogP contribution in [0.5, 0.6) is 5.75 Å². The van der Waals surface area contributed by atoms with Crippen LogP contribution >= 0.6 is 15.9 Å². The smallest absolute Gasteiger partial charge is 0.290 e. The molecule has 0 spiro atoms. The summed E-state index contributed by atoms with van der Waals surface area (Å²) in [5.41, 5.74) is 1.50. The average Bonchev–Trinajstić information content (AvgIpc) is 3.01. The molecule has 0 saturated carbocycles. The van der Waals surface area contributed by atoms with Crippen molar-refractivity contribution in [1.29, 1.82) is 0 Å². The number of benzene rings is 2. The number of rotatable bonds is 7. The zero-order valence-electron chi connectivity index (χ0n) is 17.9. The maximum absolute atomic E-state index is 13.5. The molecule has 1 amide bonds. The fourth-order valence-electron chi connectivity index (χ4n) is 4.03. The lowest BCUT2D eigenvalue weighted by Crippen LogP contribution is -2.32. The Morgan fingerprint density at radius 1 is 1.13 bits per heavy atom. The predicted octanol–water partition coefficient (Wildman–Crippen LogP) is 4.45. The zero-order chi connectivity index (χ0) is 22.1. The van der Waals surface area contributed by atoms with Crippen LogP contribution in [0.15, 0.2) is 56.1 Å². The van der Waals surface area contributed by atoms with Crippen LogP contribution in [-0.2, 0) is 0 Å². The second-order valence-corrected chi connectivity index (χ2v) is 8.79. The van der Waals surface area contributed by atoms with Gasteiger partial charge in [-0.05, 0) is 63.8 Å². The Morgan fingerprint density at radius 2 is 1.87 bits per heavy atom. The molecule has 7 heteroatoms. The topological polar surface area (TPSA) is 63.0 Å². The van der Waals surface area contributed by atoms with Crippen molar-refractivity contribution in [3.8, 4) is 5.75 Å². The molecule has 3 aromatic rings. The van der Waals surface area contributed by atoms with E-state index in [-0.39, 0.29) is 17.1 Å². The first kappa shape index (κ1) is 21.6. The lowest BCUT2D eigenvalue weighted by molar-refractivity contribution is 0.0722. The lowest BCUT2D eigenvalue weighted by Gasteiger charge is -2.25. The Hall–Kier alpha value is -2.64. The standard InChI is InChI=1S/C24H25BrN2O4/c1-4-30-17-10-11-18-19(14-17)31-23-20(22(18)28)21(15-6-8-16(25)9-7-15)27(24(23)29)13-5-12-26(2)3/h6-11,14,21H,4-5,12-13H2,1-3H3. The molecule has 1 aliphatic heterocycles. The Bertz CT molecular complexity index is 1170. The van der Waals surface area contributed by atoms with Crippen molar-refractivity contribution < 1.29 is 13.9 Å². The van der Waals surface area contributed by atoms with Crippen LogP contribution in [0.3, 0.4) is 0 Å². The minimum atomic E-state index is -0.468. The Morgan fingerprint density at radius 3 is 2.55 bits per heavy atom. The van der Waals surface area contributed by atoms with Gasteiger partial charge in [0.1, 0.15) is 11.3 Å². The van der Waals surface area contributed by atoms with E-state index in [9.17, 15) is 9.59 Å². The van der Waals surface area contributed by atoms with Crippen molar-refractivity contribution in [2.75, 3.05) is 33.8 Å².